The van der Waals surface area contributed by atoms with Crippen LogP contribution >= 0.6 is 0 Å². The average Bonchev–Trinajstić information content (AvgIpc) is 3.42. The van der Waals surface area contributed by atoms with Gasteiger partial charge in [0.2, 0.25) is 5.91 Å². The Bertz CT molecular complexity index is 1560. The molecule has 11 nitrogen and oxygen atoms in total. The second kappa shape index (κ2) is 52.5. The first-order valence-corrected chi connectivity index (χ1v) is 30.9. The van der Waals surface area contributed by atoms with Crippen molar-refractivity contribution in [3.05, 3.63) is 85.1 Å². The van der Waals surface area contributed by atoms with Crippen LogP contribution in [0.25, 0.3) is 0 Å². The van der Waals surface area contributed by atoms with Gasteiger partial charge in [0.1, 0.15) is 24.4 Å². The summed E-state index contributed by atoms with van der Waals surface area (Å²) in [6.07, 6.45) is 57.6. The lowest BCUT2D eigenvalue weighted by Gasteiger charge is -2.41. The minimum Gasteiger partial charge on any atom is -0.454 e. The Kier molecular flexibility index (Phi) is 49.0. The number of aliphatic hydroxyl groups is 5. The maximum absolute atomic E-state index is 13.4. The summed E-state index contributed by atoms with van der Waals surface area (Å²) in [5.74, 6) is -1.24. The first-order valence-electron chi connectivity index (χ1n) is 30.9. The fourth-order valence-corrected chi connectivity index (χ4v) is 9.18. The molecule has 1 heterocycles. The van der Waals surface area contributed by atoms with E-state index >= 15 is 0 Å². The van der Waals surface area contributed by atoms with Crippen LogP contribution in [0.5, 0.6) is 0 Å². The highest BCUT2D eigenvalue weighted by Gasteiger charge is 2.47. The fourth-order valence-electron chi connectivity index (χ4n) is 9.18. The van der Waals surface area contributed by atoms with Crippen molar-refractivity contribution >= 4 is 11.9 Å². The summed E-state index contributed by atoms with van der Waals surface area (Å²) in [6.45, 7) is 5.65. The van der Waals surface area contributed by atoms with Crippen LogP contribution in [0.3, 0.4) is 0 Å². The van der Waals surface area contributed by atoms with Crippen LogP contribution in [0.1, 0.15) is 252 Å². The Labute approximate surface area is 463 Å². The molecule has 6 N–H and O–H groups in total. The molecule has 8 atom stereocenters. The van der Waals surface area contributed by atoms with E-state index in [1.54, 1.807) is 6.08 Å². The number of carbonyl (C=O) groups excluding carboxylic acids is 2. The minimum absolute atomic E-state index is 0.0660. The molecule has 1 amide bonds. The van der Waals surface area contributed by atoms with Gasteiger partial charge in [-0.05, 0) is 77.0 Å². The van der Waals surface area contributed by atoms with Crippen molar-refractivity contribution in [3.63, 3.8) is 0 Å². The zero-order valence-electron chi connectivity index (χ0n) is 48.3. The molecule has 1 rings (SSSR count). The van der Waals surface area contributed by atoms with Crippen molar-refractivity contribution in [3.8, 4) is 0 Å². The van der Waals surface area contributed by atoms with Gasteiger partial charge < -0.3 is 45.1 Å². The number of ether oxygens (including phenoxy) is 3. The first kappa shape index (κ1) is 70.9. The van der Waals surface area contributed by atoms with E-state index in [0.717, 1.165) is 89.9 Å². The second-order valence-corrected chi connectivity index (χ2v) is 21.1. The largest absolute Gasteiger partial charge is 0.454 e. The van der Waals surface area contributed by atoms with E-state index in [-0.39, 0.29) is 19.4 Å². The highest BCUT2D eigenvalue weighted by atomic mass is 16.7. The van der Waals surface area contributed by atoms with Gasteiger partial charge >= 0.3 is 5.97 Å². The molecule has 8 unspecified atom stereocenters. The summed E-state index contributed by atoms with van der Waals surface area (Å²) in [4.78, 5) is 26.5. The van der Waals surface area contributed by atoms with Crippen LogP contribution in [0.4, 0.5) is 0 Å². The van der Waals surface area contributed by atoms with Gasteiger partial charge in [0, 0.05) is 6.42 Å². The Balaban J connectivity index is 2.71. The molecule has 1 fully saturated rings. The Morgan fingerprint density at radius 2 is 0.947 bits per heavy atom. The van der Waals surface area contributed by atoms with Crippen LogP contribution in [0, 0.1) is 0 Å². The van der Waals surface area contributed by atoms with E-state index < -0.39 is 67.4 Å². The van der Waals surface area contributed by atoms with Gasteiger partial charge in [-0.3, -0.25) is 9.59 Å². The van der Waals surface area contributed by atoms with Crippen molar-refractivity contribution in [2.24, 2.45) is 0 Å². The predicted molar refractivity (Wildman–Crippen MR) is 315 cm³/mol. The van der Waals surface area contributed by atoms with E-state index in [9.17, 15) is 35.1 Å². The molecule has 438 valence electrons. The molecule has 0 aromatic carbocycles. The summed E-state index contributed by atoms with van der Waals surface area (Å²) >= 11 is 0. The summed E-state index contributed by atoms with van der Waals surface area (Å²) in [5.41, 5.74) is 0. The average molecular weight is 1070 g/mol. The van der Waals surface area contributed by atoms with Crippen LogP contribution < -0.4 is 5.32 Å². The molecule has 0 bridgehead atoms. The monoisotopic (exact) mass is 1070 g/mol. The molecule has 0 spiro atoms. The van der Waals surface area contributed by atoms with E-state index in [4.69, 9.17) is 14.2 Å². The van der Waals surface area contributed by atoms with Gasteiger partial charge in [0.25, 0.3) is 0 Å². The standard InChI is InChI=1S/C65H113NO10/c1-4-7-10-13-16-19-22-25-27-28-29-30-31-32-33-35-38-41-44-47-50-53-60(70)76-63-62(72)61(71)59(54-67)75-65(63)74-55-56(57(68)51-48-45-42-39-36-24-21-18-15-12-9-6-3)66-64(73)58(69)52-49-46-43-40-37-34-26-23-20-17-14-11-8-5-2/h7,10,16,19,25,27,29-30,32-33,38,41,48,51,56-59,61-63,65,67-69,71-72H,4-6,8-9,11-15,17-18,20-24,26,28,31,34-37,39-40,42-47,49-50,52-55H2,1-3H3,(H,66,73)/b10-7-,19-16-,27-25-,30-29-,33-32-,41-38-,51-48+. The maximum Gasteiger partial charge on any atom is 0.306 e. The second-order valence-electron chi connectivity index (χ2n) is 21.1. The zero-order chi connectivity index (χ0) is 55.4. The lowest BCUT2D eigenvalue weighted by Crippen LogP contribution is -2.61. The first-order chi connectivity index (χ1) is 37.2. The van der Waals surface area contributed by atoms with Crippen molar-refractivity contribution in [2.45, 2.75) is 301 Å². The number of esters is 1. The van der Waals surface area contributed by atoms with E-state index in [0.29, 0.717) is 12.8 Å². The van der Waals surface area contributed by atoms with Gasteiger partial charge in [-0.1, -0.05) is 254 Å². The Morgan fingerprint density at radius 3 is 1.42 bits per heavy atom. The fraction of sp³-hybridized carbons (Fsp3) is 0.754. The SMILES string of the molecule is CC/C=C\C/C=C\C/C=C\C/C=C\C/C=C\C/C=C\CCCCC(=O)OC1C(OCC(NC(=O)C(O)CCCCCCCCCCCCCCCC)C(O)/C=C/CCCCCCCCCCCC)OC(CO)C(O)C1O. The van der Waals surface area contributed by atoms with Gasteiger partial charge in [-0.25, -0.2) is 0 Å². The normalized spacial score (nSPS) is 19.7. The Hall–Kier alpha value is -3.16. The molecule has 1 aliphatic heterocycles. The van der Waals surface area contributed by atoms with Crippen molar-refractivity contribution in [1.29, 1.82) is 0 Å². The highest BCUT2D eigenvalue weighted by molar-refractivity contribution is 5.80. The molecular formula is C65H113NO10. The maximum atomic E-state index is 13.4. The number of allylic oxidation sites excluding steroid dienone is 13. The molecular weight excluding hydrogens is 955 g/mol. The summed E-state index contributed by atoms with van der Waals surface area (Å²) < 4.78 is 17.6. The van der Waals surface area contributed by atoms with Crippen LogP contribution in [0.2, 0.25) is 0 Å². The molecule has 0 aromatic rings. The molecule has 0 radical (unpaired) electrons. The summed E-state index contributed by atoms with van der Waals surface area (Å²) in [6, 6.07) is -1.03. The molecule has 1 saturated heterocycles. The van der Waals surface area contributed by atoms with E-state index in [1.165, 1.54) is 116 Å². The van der Waals surface area contributed by atoms with Gasteiger partial charge in [0.05, 0.1) is 25.4 Å². The highest BCUT2D eigenvalue weighted by Crippen LogP contribution is 2.26. The van der Waals surface area contributed by atoms with Gasteiger partial charge in [-0.2, -0.15) is 0 Å². The smallest absolute Gasteiger partial charge is 0.306 e. The third-order valence-corrected chi connectivity index (χ3v) is 14.1. The van der Waals surface area contributed by atoms with E-state index in [1.807, 2.05) is 6.08 Å². The molecule has 0 aromatic heterocycles. The lowest BCUT2D eigenvalue weighted by atomic mass is 9.99. The third kappa shape index (κ3) is 40.1. The predicted octanol–water partition coefficient (Wildman–Crippen LogP) is 14.6. The molecule has 76 heavy (non-hydrogen) atoms. The van der Waals surface area contributed by atoms with Crippen molar-refractivity contribution in [1.82, 2.24) is 5.32 Å². The number of nitrogens with one attached hydrogen (secondary N) is 1. The van der Waals surface area contributed by atoms with Crippen LogP contribution in [0.15, 0.2) is 85.1 Å². The molecule has 1 aliphatic rings. The number of unbranched alkanes of at least 4 members (excludes halogenated alkanes) is 25. The Morgan fingerprint density at radius 1 is 0.526 bits per heavy atom. The number of hydrogen-bond donors (Lipinski definition) is 6. The zero-order valence-corrected chi connectivity index (χ0v) is 48.3. The number of aliphatic hydroxyl groups excluding tert-OH is 5. The van der Waals surface area contributed by atoms with E-state index in [2.05, 4.69) is 99.0 Å². The number of carbonyl (C=O) groups is 2. The van der Waals surface area contributed by atoms with Crippen molar-refractivity contribution in [2.75, 3.05) is 13.2 Å². The lowest BCUT2D eigenvalue weighted by molar-refractivity contribution is -0.305. The third-order valence-electron chi connectivity index (χ3n) is 14.1. The quantitative estimate of drug-likeness (QED) is 0.0195. The molecule has 0 aliphatic carbocycles. The minimum atomic E-state index is -1.63. The number of rotatable bonds is 51. The van der Waals surface area contributed by atoms with Gasteiger partial charge in [-0.15, -0.1) is 0 Å². The summed E-state index contributed by atoms with van der Waals surface area (Å²) in [5, 5.41) is 56.9. The topological polar surface area (TPSA) is 175 Å². The van der Waals surface area contributed by atoms with Gasteiger partial charge in [0.15, 0.2) is 12.4 Å². The van der Waals surface area contributed by atoms with Crippen molar-refractivity contribution < 1.29 is 49.3 Å². The number of amides is 1. The van der Waals surface area contributed by atoms with Crippen LogP contribution in [-0.4, -0.2) is 99.6 Å². The van der Waals surface area contributed by atoms with Crippen LogP contribution in [-0.2, 0) is 23.8 Å². The molecule has 11 heteroatoms. The summed E-state index contributed by atoms with van der Waals surface area (Å²) in [7, 11) is 0. The molecule has 0 saturated carbocycles. The number of hydrogen-bond acceptors (Lipinski definition) is 10.